The van der Waals surface area contributed by atoms with Crippen LogP contribution in [0.5, 0.6) is 0 Å². The minimum atomic E-state index is -0.169. The number of nitrogens with two attached hydrogens (primary N) is 1. The Kier molecular flexibility index (Phi) is 3.25. The number of hydrogen-bond donors (Lipinski definition) is 2. The van der Waals surface area contributed by atoms with Gasteiger partial charge in [-0.2, -0.15) is 0 Å². The summed E-state index contributed by atoms with van der Waals surface area (Å²) in [6, 6.07) is 6.36. The predicted molar refractivity (Wildman–Crippen MR) is 63.8 cm³/mol. The molecule has 16 heavy (non-hydrogen) atoms. The van der Waals surface area contributed by atoms with Crippen molar-refractivity contribution in [2.45, 2.75) is 38.5 Å². The maximum atomic E-state index is 11.4. The Morgan fingerprint density at radius 2 is 2.00 bits per heavy atom. The Morgan fingerprint density at radius 1 is 1.31 bits per heavy atom. The standard InChI is InChI=1S/C13H18N2O/c1-9(13(16)15-14)11-7-6-10-4-2-3-5-12(10)8-11/h6-9H,2-5,14H2,1H3,(H,15,16). The molecule has 1 amide bonds. The van der Waals surface area contributed by atoms with Gasteiger partial charge in [-0.1, -0.05) is 18.2 Å². The summed E-state index contributed by atoms with van der Waals surface area (Å²) < 4.78 is 0. The molecule has 1 atom stereocenters. The third-order valence-electron chi connectivity index (χ3n) is 3.41. The van der Waals surface area contributed by atoms with Gasteiger partial charge in [0.2, 0.25) is 5.91 Å². The fourth-order valence-corrected chi connectivity index (χ4v) is 2.30. The molecule has 1 aromatic rings. The molecule has 0 fully saturated rings. The highest BCUT2D eigenvalue weighted by Crippen LogP contribution is 2.25. The highest BCUT2D eigenvalue weighted by atomic mass is 16.2. The van der Waals surface area contributed by atoms with E-state index in [4.69, 9.17) is 5.84 Å². The fourth-order valence-electron chi connectivity index (χ4n) is 2.30. The van der Waals surface area contributed by atoms with Crippen LogP contribution in [0.1, 0.15) is 42.4 Å². The topological polar surface area (TPSA) is 55.1 Å². The van der Waals surface area contributed by atoms with Gasteiger partial charge in [0.25, 0.3) is 0 Å². The zero-order valence-corrected chi connectivity index (χ0v) is 9.62. The third-order valence-corrected chi connectivity index (χ3v) is 3.41. The lowest BCUT2D eigenvalue weighted by Gasteiger charge is -2.18. The number of carbonyl (C=O) groups is 1. The van der Waals surface area contributed by atoms with E-state index in [1.54, 1.807) is 0 Å². The van der Waals surface area contributed by atoms with Gasteiger partial charge in [0.1, 0.15) is 0 Å². The molecule has 0 saturated carbocycles. The molecule has 3 N–H and O–H groups in total. The fraction of sp³-hybridized carbons (Fsp3) is 0.462. The Labute approximate surface area is 96.0 Å². The molecule has 0 aliphatic heterocycles. The lowest BCUT2D eigenvalue weighted by Crippen LogP contribution is -2.33. The molecule has 1 aliphatic rings. The van der Waals surface area contributed by atoms with Crippen LogP contribution in [-0.4, -0.2) is 5.91 Å². The van der Waals surface area contributed by atoms with Gasteiger partial charge >= 0.3 is 0 Å². The minimum absolute atomic E-state index is 0.129. The van der Waals surface area contributed by atoms with Crippen LogP contribution in [-0.2, 0) is 17.6 Å². The van der Waals surface area contributed by atoms with Crippen molar-refractivity contribution in [2.75, 3.05) is 0 Å². The van der Waals surface area contributed by atoms with E-state index in [1.165, 1.54) is 30.4 Å². The van der Waals surface area contributed by atoms with Crippen LogP contribution < -0.4 is 11.3 Å². The summed E-state index contributed by atoms with van der Waals surface area (Å²) >= 11 is 0. The van der Waals surface area contributed by atoms with Gasteiger partial charge in [0.05, 0.1) is 5.92 Å². The molecule has 0 saturated heterocycles. The SMILES string of the molecule is CC(C(=O)NN)c1ccc2c(c1)CCCC2. The summed E-state index contributed by atoms with van der Waals surface area (Å²) in [5, 5.41) is 0. The van der Waals surface area contributed by atoms with E-state index < -0.39 is 0 Å². The molecule has 1 unspecified atom stereocenters. The maximum Gasteiger partial charge on any atom is 0.241 e. The smallest absolute Gasteiger partial charge is 0.241 e. The van der Waals surface area contributed by atoms with E-state index in [-0.39, 0.29) is 11.8 Å². The molecule has 0 heterocycles. The van der Waals surface area contributed by atoms with Crippen molar-refractivity contribution in [1.29, 1.82) is 0 Å². The van der Waals surface area contributed by atoms with Crippen molar-refractivity contribution >= 4 is 5.91 Å². The monoisotopic (exact) mass is 218 g/mol. The van der Waals surface area contributed by atoms with Crippen molar-refractivity contribution in [3.05, 3.63) is 34.9 Å². The van der Waals surface area contributed by atoms with Gasteiger partial charge in [0, 0.05) is 0 Å². The molecule has 0 radical (unpaired) electrons. The van der Waals surface area contributed by atoms with Crippen LogP contribution >= 0.6 is 0 Å². The summed E-state index contributed by atoms with van der Waals surface area (Å²) in [5.41, 5.74) is 6.11. The highest BCUT2D eigenvalue weighted by molar-refractivity contribution is 5.82. The second-order valence-electron chi connectivity index (χ2n) is 4.47. The normalized spacial score (nSPS) is 16.4. The Bertz CT molecular complexity index is 401. The zero-order valence-electron chi connectivity index (χ0n) is 9.62. The number of benzene rings is 1. The van der Waals surface area contributed by atoms with E-state index in [0.717, 1.165) is 12.0 Å². The second-order valence-corrected chi connectivity index (χ2v) is 4.47. The van der Waals surface area contributed by atoms with Gasteiger partial charge in [-0.25, -0.2) is 5.84 Å². The van der Waals surface area contributed by atoms with Crippen molar-refractivity contribution < 1.29 is 4.79 Å². The first kappa shape index (κ1) is 11.1. The summed E-state index contributed by atoms with van der Waals surface area (Å²) in [6.45, 7) is 1.88. The molecule has 0 spiro atoms. The van der Waals surface area contributed by atoms with E-state index in [2.05, 4.69) is 17.6 Å². The van der Waals surface area contributed by atoms with Crippen LogP contribution in [0.3, 0.4) is 0 Å². The summed E-state index contributed by atoms with van der Waals surface area (Å²) in [5.74, 6) is 4.85. The van der Waals surface area contributed by atoms with Crippen LogP contribution in [0.4, 0.5) is 0 Å². The zero-order chi connectivity index (χ0) is 11.5. The number of hydrazine groups is 1. The first-order valence-corrected chi connectivity index (χ1v) is 5.84. The van der Waals surface area contributed by atoms with Gasteiger partial charge in [-0.05, 0) is 49.3 Å². The van der Waals surface area contributed by atoms with Crippen LogP contribution in [0, 0.1) is 0 Å². The van der Waals surface area contributed by atoms with Crippen LogP contribution in [0.2, 0.25) is 0 Å². The van der Waals surface area contributed by atoms with Crippen molar-refractivity contribution in [3.8, 4) is 0 Å². The van der Waals surface area contributed by atoms with Crippen LogP contribution in [0.25, 0.3) is 0 Å². The Morgan fingerprint density at radius 3 is 2.69 bits per heavy atom. The maximum absolute atomic E-state index is 11.4. The molecule has 1 aliphatic carbocycles. The Balaban J connectivity index is 2.26. The Hall–Kier alpha value is -1.35. The van der Waals surface area contributed by atoms with Crippen molar-refractivity contribution in [2.24, 2.45) is 5.84 Å². The number of aryl methyl sites for hydroxylation is 2. The average Bonchev–Trinajstić information content (AvgIpc) is 2.36. The quantitative estimate of drug-likeness (QED) is 0.450. The number of amides is 1. The molecule has 0 bridgehead atoms. The van der Waals surface area contributed by atoms with E-state index >= 15 is 0 Å². The van der Waals surface area contributed by atoms with Gasteiger partial charge in [0.15, 0.2) is 0 Å². The highest BCUT2D eigenvalue weighted by Gasteiger charge is 2.16. The summed E-state index contributed by atoms with van der Waals surface area (Å²) in [6.07, 6.45) is 4.85. The lowest BCUT2D eigenvalue weighted by molar-refractivity contribution is -0.122. The molecule has 3 heteroatoms. The number of nitrogens with one attached hydrogen (secondary N) is 1. The van der Waals surface area contributed by atoms with Crippen molar-refractivity contribution in [1.82, 2.24) is 5.43 Å². The van der Waals surface area contributed by atoms with Gasteiger partial charge in [-0.3, -0.25) is 10.2 Å². The third kappa shape index (κ3) is 2.09. The molecule has 3 nitrogen and oxygen atoms in total. The largest absolute Gasteiger partial charge is 0.294 e. The van der Waals surface area contributed by atoms with Gasteiger partial charge < -0.3 is 0 Å². The molecule has 86 valence electrons. The van der Waals surface area contributed by atoms with Crippen LogP contribution in [0.15, 0.2) is 18.2 Å². The van der Waals surface area contributed by atoms with E-state index in [0.29, 0.717) is 0 Å². The molecule has 2 rings (SSSR count). The lowest BCUT2D eigenvalue weighted by atomic mass is 9.88. The number of fused-ring (bicyclic) bond motifs is 1. The number of hydrogen-bond acceptors (Lipinski definition) is 2. The van der Waals surface area contributed by atoms with E-state index in [9.17, 15) is 4.79 Å². The number of rotatable bonds is 2. The minimum Gasteiger partial charge on any atom is -0.294 e. The second kappa shape index (κ2) is 4.66. The first-order chi connectivity index (χ1) is 7.72. The molecular weight excluding hydrogens is 200 g/mol. The average molecular weight is 218 g/mol. The molecule has 1 aromatic carbocycles. The predicted octanol–water partition coefficient (Wildman–Crippen LogP) is 1.66. The summed E-state index contributed by atoms with van der Waals surface area (Å²) in [4.78, 5) is 11.4. The molecular formula is C13H18N2O. The van der Waals surface area contributed by atoms with E-state index in [1.807, 2.05) is 13.0 Å². The van der Waals surface area contributed by atoms with Crippen molar-refractivity contribution in [3.63, 3.8) is 0 Å². The van der Waals surface area contributed by atoms with Gasteiger partial charge in [-0.15, -0.1) is 0 Å². The first-order valence-electron chi connectivity index (χ1n) is 5.84. The summed E-state index contributed by atoms with van der Waals surface area (Å²) in [7, 11) is 0. The number of carbonyl (C=O) groups excluding carboxylic acids is 1. The molecule has 0 aromatic heterocycles.